The van der Waals surface area contributed by atoms with Crippen LogP contribution in [-0.2, 0) is 17.8 Å². The fraction of sp³-hybridized carbons (Fsp3) is 0.304. The van der Waals surface area contributed by atoms with Gasteiger partial charge in [-0.15, -0.1) is 0 Å². The van der Waals surface area contributed by atoms with Crippen LogP contribution in [0, 0.1) is 0 Å². The number of aromatic nitrogens is 2. The number of aryl methyl sites for hydroxylation is 1. The monoisotopic (exact) mass is 377 g/mol. The number of benzene rings is 2. The number of carbonyl (C=O) groups is 1. The Kier molecular flexibility index (Phi) is 6.84. The summed E-state index contributed by atoms with van der Waals surface area (Å²) in [7, 11) is 1.68. The highest BCUT2D eigenvalue weighted by molar-refractivity contribution is 5.86. The van der Waals surface area contributed by atoms with E-state index in [1.807, 2.05) is 18.2 Å². The fourth-order valence-electron chi connectivity index (χ4n) is 3.27. The molecule has 0 radical (unpaired) electrons. The van der Waals surface area contributed by atoms with E-state index in [9.17, 15) is 4.79 Å². The number of nitrogens with one attached hydrogen (secondary N) is 1. The molecule has 0 fully saturated rings. The lowest BCUT2D eigenvalue weighted by Crippen LogP contribution is -2.21. The molecule has 0 saturated carbocycles. The van der Waals surface area contributed by atoms with E-state index < -0.39 is 0 Å². The molecule has 1 heterocycles. The zero-order chi connectivity index (χ0) is 19.8. The molecule has 1 N–H and O–H groups in total. The van der Waals surface area contributed by atoms with Crippen molar-refractivity contribution < 1.29 is 9.53 Å². The molecule has 28 heavy (non-hydrogen) atoms. The van der Waals surface area contributed by atoms with E-state index in [-0.39, 0.29) is 5.91 Å². The number of imidazole rings is 1. The average molecular weight is 377 g/mol. The van der Waals surface area contributed by atoms with Crippen LogP contribution in [0.25, 0.3) is 11.0 Å². The Bertz CT molecular complexity index is 929. The second-order valence-electron chi connectivity index (χ2n) is 6.76. The number of fused-ring (bicyclic) bond motifs is 1. The first-order chi connectivity index (χ1) is 13.7. The molecular weight excluding hydrogens is 350 g/mol. The third-order valence-electron chi connectivity index (χ3n) is 4.80. The van der Waals surface area contributed by atoms with Gasteiger partial charge in [0, 0.05) is 19.5 Å². The van der Waals surface area contributed by atoms with Gasteiger partial charge in [-0.3, -0.25) is 4.79 Å². The Labute approximate surface area is 166 Å². The lowest BCUT2D eigenvalue weighted by Gasteiger charge is -2.10. The van der Waals surface area contributed by atoms with Gasteiger partial charge < -0.3 is 14.6 Å². The van der Waals surface area contributed by atoms with E-state index in [0.29, 0.717) is 6.54 Å². The van der Waals surface area contributed by atoms with Gasteiger partial charge in [0.15, 0.2) is 0 Å². The number of amides is 1. The maximum Gasteiger partial charge on any atom is 0.243 e. The molecule has 1 amide bonds. The van der Waals surface area contributed by atoms with E-state index in [4.69, 9.17) is 9.72 Å². The molecule has 0 aliphatic rings. The van der Waals surface area contributed by atoms with Crippen molar-refractivity contribution in [3.8, 4) is 5.75 Å². The molecule has 0 atom stereocenters. The molecular formula is C23H27N3O2. The molecule has 0 aliphatic carbocycles. The molecule has 0 unspecified atom stereocenters. The third-order valence-corrected chi connectivity index (χ3v) is 4.80. The summed E-state index contributed by atoms with van der Waals surface area (Å²) >= 11 is 0. The van der Waals surface area contributed by atoms with Crippen molar-refractivity contribution in [3.63, 3.8) is 0 Å². The zero-order valence-electron chi connectivity index (χ0n) is 16.4. The van der Waals surface area contributed by atoms with Crippen molar-refractivity contribution in [2.75, 3.05) is 13.7 Å². The largest absolute Gasteiger partial charge is 0.497 e. The average Bonchev–Trinajstić information content (AvgIpc) is 3.08. The van der Waals surface area contributed by atoms with E-state index in [2.05, 4.69) is 46.8 Å². The van der Waals surface area contributed by atoms with E-state index in [0.717, 1.165) is 54.8 Å². The number of hydrogen-bond donors (Lipinski definition) is 1. The summed E-state index contributed by atoms with van der Waals surface area (Å²) in [5.41, 5.74) is 3.41. The van der Waals surface area contributed by atoms with Gasteiger partial charge in [0.2, 0.25) is 5.91 Å². The Morgan fingerprint density at radius 1 is 1.14 bits per heavy atom. The lowest BCUT2D eigenvalue weighted by molar-refractivity contribution is -0.116. The van der Waals surface area contributed by atoms with E-state index >= 15 is 0 Å². The number of unbranched alkanes of at least 4 members (excludes halogenated alkanes) is 2. The number of methoxy groups -OCH3 is 1. The molecule has 5 heteroatoms. The SMILES string of the molecule is C=CC(=O)NCCCCCc1nc2ccccc2n1Cc1ccc(OC)cc1. The first kappa shape index (κ1) is 19.7. The number of carbonyl (C=O) groups excluding carboxylic acids is 1. The summed E-state index contributed by atoms with van der Waals surface area (Å²) < 4.78 is 7.56. The second kappa shape index (κ2) is 9.74. The van der Waals surface area contributed by atoms with Crippen molar-refractivity contribution in [2.24, 2.45) is 0 Å². The molecule has 5 nitrogen and oxygen atoms in total. The van der Waals surface area contributed by atoms with Gasteiger partial charge >= 0.3 is 0 Å². The smallest absolute Gasteiger partial charge is 0.243 e. The van der Waals surface area contributed by atoms with Crippen LogP contribution in [0.5, 0.6) is 5.75 Å². The highest BCUT2D eigenvalue weighted by atomic mass is 16.5. The van der Waals surface area contributed by atoms with Crippen LogP contribution < -0.4 is 10.1 Å². The second-order valence-corrected chi connectivity index (χ2v) is 6.76. The molecule has 1 aromatic heterocycles. The van der Waals surface area contributed by atoms with E-state index in [1.165, 1.54) is 11.6 Å². The Morgan fingerprint density at radius 3 is 2.68 bits per heavy atom. The Balaban J connectivity index is 1.66. The quantitative estimate of drug-likeness (QED) is 0.427. The van der Waals surface area contributed by atoms with Gasteiger partial charge in [-0.1, -0.05) is 37.3 Å². The summed E-state index contributed by atoms with van der Waals surface area (Å²) in [5.74, 6) is 1.86. The number of para-hydroxylation sites is 2. The summed E-state index contributed by atoms with van der Waals surface area (Å²) in [5, 5.41) is 2.82. The van der Waals surface area contributed by atoms with Crippen LogP contribution in [0.3, 0.4) is 0 Å². The molecule has 3 aromatic rings. The van der Waals surface area contributed by atoms with Crippen LogP contribution in [0.2, 0.25) is 0 Å². The van der Waals surface area contributed by atoms with E-state index in [1.54, 1.807) is 7.11 Å². The topological polar surface area (TPSA) is 56.2 Å². The number of hydrogen-bond acceptors (Lipinski definition) is 3. The third kappa shape index (κ3) is 5.00. The van der Waals surface area contributed by atoms with Gasteiger partial charge in [-0.25, -0.2) is 4.98 Å². The molecule has 0 aliphatic heterocycles. The molecule has 0 bridgehead atoms. The van der Waals surface area contributed by atoms with Crippen molar-refractivity contribution in [1.29, 1.82) is 0 Å². The predicted molar refractivity (Wildman–Crippen MR) is 113 cm³/mol. The Hall–Kier alpha value is -3.08. The van der Waals surface area contributed by atoms with Gasteiger partial charge in [-0.05, 0) is 48.7 Å². The lowest BCUT2D eigenvalue weighted by atomic mass is 10.1. The summed E-state index contributed by atoms with van der Waals surface area (Å²) in [6.07, 6.45) is 5.26. The van der Waals surface area contributed by atoms with Crippen LogP contribution in [-0.4, -0.2) is 29.1 Å². The number of rotatable bonds is 10. The van der Waals surface area contributed by atoms with Crippen LogP contribution >= 0.6 is 0 Å². The normalized spacial score (nSPS) is 10.8. The molecule has 0 saturated heterocycles. The van der Waals surface area contributed by atoms with Gasteiger partial charge in [0.1, 0.15) is 11.6 Å². The minimum Gasteiger partial charge on any atom is -0.497 e. The fourth-order valence-corrected chi connectivity index (χ4v) is 3.27. The van der Waals surface area contributed by atoms with Crippen LogP contribution in [0.4, 0.5) is 0 Å². The summed E-state index contributed by atoms with van der Waals surface area (Å²) in [4.78, 5) is 16.0. The van der Waals surface area contributed by atoms with Crippen molar-refractivity contribution >= 4 is 16.9 Å². The van der Waals surface area contributed by atoms with Gasteiger partial charge in [0.25, 0.3) is 0 Å². The predicted octanol–water partition coefficient (Wildman–Crippen LogP) is 4.11. The first-order valence-electron chi connectivity index (χ1n) is 9.68. The Morgan fingerprint density at radius 2 is 1.93 bits per heavy atom. The number of ether oxygens (including phenoxy) is 1. The minimum absolute atomic E-state index is 0.110. The number of nitrogens with zero attached hydrogens (tertiary/aromatic N) is 2. The van der Waals surface area contributed by atoms with Crippen LogP contribution in [0.1, 0.15) is 30.7 Å². The minimum atomic E-state index is -0.110. The highest BCUT2D eigenvalue weighted by Crippen LogP contribution is 2.20. The van der Waals surface area contributed by atoms with Crippen molar-refractivity contribution in [2.45, 2.75) is 32.2 Å². The molecule has 146 valence electrons. The van der Waals surface area contributed by atoms with Crippen LogP contribution in [0.15, 0.2) is 61.2 Å². The molecule has 2 aromatic carbocycles. The summed E-state index contributed by atoms with van der Waals surface area (Å²) in [6, 6.07) is 16.4. The van der Waals surface area contributed by atoms with Crippen molar-refractivity contribution in [1.82, 2.24) is 14.9 Å². The summed E-state index contributed by atoms with van der Waals surface area (Å²) in [6.45, 7) is 4.93. The van der Waals surface area contributed by atoms with Crippen molar-refractivity contribution in [3.05, 3.63) is 72.6 Å². The first-order valence-corrected chi connectivity index (χ1v) is 9.68. The standard InChI is InChI=1S/C23H27N3O2/c1-3-23(27)24-16-8-4-5-11-22-25-20-9-6-7-10-21(20)26(22)17-18-12-14-19(28-2)15-13-18/h3,6-7,9-10,12-15H,1,4-5,8,11,16-17H2,2H3,(H,24,27). The highest BCUT2D eigenvalue weighted by Gasteiger charge is 2.11. The van der Waals surface area contributed by atoms with Gasteiger partial charge in [0.05, 0.1) is 18.1 Å². The molecule has 3 rings (SSSR count). The maximum atomic E-state index is 11.2. The molecule has 0 spiro atoms. The van der Waals surface area contributed by atoms with Gasteiger partial charge in [-0.2, -0.15) is 0 Å². The zero-order valence-corrected chi connectivity index (χ0v) is 16.4. The maximum absolute atomic E-state index is 11.2.